The molecule has 0 bridgehead atoms. The third-order valence-corrected chi connectivity index (χ3v) is 5.50. The minimum Gasteiger partial charge on any atom is -0.321 e. The number of amides is 1. The number of hydrogen-bond donors (Lipinski definition) is 1. The van der Waals surface area contributed by atoms with Gasteiger partial charge in [-0.25, -0.2) is 25.9 Å². The highest BCUT2D eigenvalue weighted by molar-refractivity contribution is 7.89. The Bertz CT molecular complexity index is 866. The summed E-state index contributed by atoms with van der Waals surface area (Å²) in [5, 5.41) is 2.13. The van der Waals surface area contributed by atoms with Gasteiger partial charge in [-0.1, -0.05) is 6.07 Å². The van der Waals surface area contributed by atoms with Crippen molar-refractivity contribution in [2.24, 2.45) is 0 Å². The molecular weight excluding hydrogens is 369 g/mol. The van der Waals surface area contributed by atoms with Gasteiger partial charge >= 0.3 is 0 Å². The monoisotopic (exact) mass is 386 g/mol. The summed E-state index contributed by atoms with van der Waals surface area (Å²) >= 11 is 0. The fourth-order valence-corrected chi connectivity index (χ4v) is 3.40. The van der Waals surface area contributed by atoms with Gasteiger partial charge in [-0.15, -0.1) is 0 Å². The number of anilines is 1. The number of para-hydroxylation sites is 1. The molecule has 9 heteroatoms. The molecule has 0 heterocycles. The number of nitrogens with one attached hydrogen (secondary N) is 1. The maximum absolute atomic E-state index is 13.5. The molecule has 1 N–H and O–H groups in total. The van der Waals surface area contributed by atoms with Crippen LogP contribution in [0.25, 0.3) is 0 Å². The van der Waals surface area contributed by atoms with E-state index in [-0.39, 0.29) is 24.3 Å². The molecule has 5 nitrogen and oxygen atoms in total. The Hall–Kier alpha value is -2.39. The normalized spacial score (nSPS) is 11.6. The zero-order valence-electron chi connectivity index (χ0n) is 13.9. The number of benzene rings is 2. The van der Waals surface area contributed by atoms with Crippen molar-refractivity contribution in [1.82, 2.24) is 4.31 Å². The molecule has 0 atom stereocenters. The molecule has 0 aromatic heterocycles. The average molecular weight is 386 g/mol. The third kappa shape index (κ3) is 4.83. The zero-order chi connectivity index (χ0) is 19.3. The Balaban J connectivity index is 1.90. The number of hydrogen-bond acceptors (Lipinski definition) is 3. The van der Waals surface area contributed by atoms with E-state index in [1.807, 2.05) is 0 Å². The summed E-state index contributed by atoms with van der Waals surface area (Å²) in [6.07, 6.45) is 0.00980. The van der Waals surface area contributed by atoms with Crippen LogP contribution in [0, 0.1) is 17.5 Å². The number of sulfonamides is 1. The van der Waals surface area contributed by atoms with E-state index in [0.717, 1.165) is 40.7 Å². The van der Waals surface area contributed by atoms with Crippen LogP contribution in [0.15, 0.2) is 47.4 Å². The fourth-order valence-electron chi connectivity index (χ4n) is 2.19. The predicted molar refractivity (Wildman–Crippen MR) is 90.4 cm³/mol. The molecule has 26 heavy (non-hydrogen) atoms. The van der Waals surface area contributed by atoms with Crippen LogP contribution in [-0.2, 0) is 14.8 Å². The molecular formula is C17H17F3N2O3S. The Kier molecular flexibility index (Phi) is 6.38. The molecule has 1 amide bonds. The van der Waals surface area contributed by atoms with Crippen LogP contribution in [0.3, 0.4) is 0 Å². The van der Waals surface area contributed by atoms with E-state index >= 15 is 0 Å². The maximum atomic E-state index is 13.5. The summed E-state index contributed by atoms with van der Waals surface area (Å²) in [4.78, 5) is 11.7. The smallest absolute Gasteiger partial charge is 0.242 e. The van der Waals surface area contributed by atoms with Crippen molar-refractivity contribution in [2.75, 3.05) is 18.9 Å². The lowest BCUT2D eigenvalue weighted by Crippen LogP contribution is -2.28. The molecule has 140 valence electrons. The molecule has 0 unspecified atom stereocenters. The number of nitrogens with zero attached hydrogens (tertiary/aromatic N) is 1. The number of halogens is 3. The first-order valence-corrected chi connectivity index (χ1v) is 9.11. The van der Waals surface area contributed by atoms with Gasteiger partial charge in [0.2, 0.25) is 15.9 Å². The second-order valence-corrected chi connectivity index (χ2v) is 7.57. The highest BCUT2D eigenvalue weighted by Gasteiger charge is 2.20. The van der Waals surface area contributed by atoms with Gasteiger partial charge in [0.15, 0.2) is 0 Å². The lowest BCUT2D eigenvalue weighted by molar-refractivity contribution is -0.116. The van der Waals surface area contributed by atoms with Crippen molar-refractivity contribution in [3.05, 3.63) is 59.9 Å². The maximum Gasteiger partial charge on any atom is 0.242 e. The number of carbonyl (C=O) groups excluding carboxylic acids is 1. The van der Waals surface area contributed by atoms with E-state index in [0.29, 0.717) is 0 Å². The minimum atomic E-state index is -3.81. The zero-order valence-corrected chi connectivity index (χ0v) is 14.7. The molecule has 0 radical (unpaired) electrons. The first kappa shape index (κ1) is 19.9. The quantitative estimate of drug-likeness (QED) is 0.795. The fraction of sp³-hybridized carbons (Fsp3) is 0.235. The molecule has 2 rings (SSSR count). The topological polar surface area (TPSA) is 66.5 Å². The molecule has 0 aliphatic rings. The summed E-state index contributed by atoms with van der Waals surface area (Å²) in [6, 6.07) is 7.58. The Morgan fingerprint density at radius 1 is 1.04 bits per heavy atom. The lowest BCUT2D eigenvalue weighted by atomic mass is 10.2. The van der Waals surface area contributed by atoms with E-state index in [9.17, 15) is 26.4 Å². The van der Waals surface area contributed by atoms with Crippen molar-refractivity contribution in [3.63, 3.8) is 0 Å². The predicted octanol–water partition coefficient (Wildman–Crippen LogP) is 3.14. The molecule has 2 aromatic rings. The van der Waals surface area contributed by atoms with Crippen LogP contribution in [-0.4, -0.2) is 32.2 Å². The van der Waals surface area contributed by atoms with Gasteiger partial charge in [0, 0.05) is 20.0 Å². The van der Waals surface area contributed by atoms with Gasteiger partial charge in [0.05, 0.1) is 4.90 Å². The van der Waals surface area contributed by atoms with E-state index in [4.69, 9.17) is 0 Å². The van der Waals surface area contributed by atoms with E-state index in [1.54, 1.807) is 0 Å². The summed E-state index contributed by atoms with van der Waals surface area (Å²) < 4.78 is 65.5. The Labute approximate surface area is 149 Å². The average Bonchev–Trinajstić information content (AvgIpc) is 2.58. The summed E-state index contributed by atoms with van der Waals surface area (Å²) in [7, 11) is -2.48. The first-order chi connectivity index (χ1) is 12.2. The van der Waals surface area contributed by atoms with Crippen molar-refractivity contribution >= 4 is 21.6 Å². The third-order valence-electron chi connectivity index (χ3n) is 3.63. The molecule has 0 fully saturated rings. The SMILES string of the molecule is CN(CCCC(=O)Nc1c(F)cccc1F)S(=O)(=O)c1ccc(F)cc1. The first-order valence-electron chi connectivity index (χ1n) is 7.67. The van der Waals surface area contributed by atoms with Crippen LogP contribution in [0.4, 0.5) is 18.9 Å². The van der Waals surface area contributed by atoms with E-state index in [2.05, 4.69) is 5.32 Å². The summed E-state index contributed by atoms with van der Waals surface area (Å²) in [5.74, 6) is -2.98. The van der Waals surface area contributed by atoms with Crippen molar-refractivity contribution in [1.29, 1.82) is 0 Å². The highest BCUT2D eigenvalue weighted by Crippen LogP contribution is 2.19. The summed E-state index contributed by atoms with van der Waals surface area (Å²) in [5.41, 5.74) is -0.537. The van der Waals surface area contributed by atoms with Gasteiger partial charge in [-0.2, -0.15) is 0 Å². The van der Waals surface area contributed by atoms with Gasteiger partial charge in [-0.3, -0.25) is 4.79 Å². The van der Waals surface area contributed by atoms with Gasteiger partial charge in [0.1, 0.15) is 23.1 Å². The largest absolute Gasteiger partial charge is 0.321 e. The molecule has 0 saturated heterocycles. The second-order valence-electron chi connectivity index (χ2n) is 5.53. The second kappa shape index (κ2) is 8.33. The van der Waals surface area contributed by atoms with Gasteiger partial charge in [0.25, 0.3) is 0 Å². The van der Waals surface area contributed by atoms with Gasteiger partial charge < -0.3 is 5.32 Å². The van der Waals surface area contributed by atoms with Crippen LogP contribution in [0.2, 0.25) is 0 Å². The molecule has 0 aliphatic carbocycles. The van der Waals surface area contributed by atoms with Crippen molar-refractivity contribution in [2.45, 2.75) is 17.7 Å². The number of rotatable bonds is 7. The van der Waals surface area contributed by atoms with E-state index < -0.39 is 39.1 Å². The van der Waals surface area contributed by atoms with Crippen molar-refractivity contribution in [3.8, 4) is 0 Å². The highest BCUT2D eigenvalue weighted by atomic mass is 32.2. The van der Waals surface area contributed by atoms with Crippen molar-refractivity contribution < 1.29 is 26.4 Å². The van der Waals surface area contributed by atoms with Crippen LogP contribution in [0.5, 0.6) is 0 Å². The number of carbonyl (C=O) groups is 1. The Morgan fingerprint density at radius 2 is 1.62 bits per heavy atom. The van der Waals surface area contributed by atoms with Crippen LogP contribution >= 0.6 is 0 Å². The lowest BCUT2D eigenvalue weighted by Gasteiger charge is -2.17. The summed E-state index contributed by atoms with van der Waals surface area (Å²) in [6.45, 7) is 0.00683. The molecule has 0 saturated carbocycles. The van der Waals surface area contributed by atoms with E-state index in [1.165, 1.54) is 13.1 Å². The standard InChI is InChI=1S/C17H17F3N2O3S/c1-22(26(24,25)13-9-7-12(18)8-10-13)11-3-6-16(23)21-17-14(19)4-2-5-15(17)20/h2,4-5,7-10H,3,6,11H2,1H3,(H,21,23). The molecule has 0 spiro atoms. The van der Waals surface area contributed by atoms with Crippen LogP contribution < -0.4 is 5.32 Å². The van der Waals surface area contributed by atoms with Gasteiger partial charge in [-0.05, 0) is 42.8 Å². The molecule has 2 aromatic carbocycles. The molecule has 0 aliphatic heterocycles. The van der Waals surface area contributed by atoms with Crippen LogP contribution in [0.1, 0.15) is 12.8 Å². The Morgan fingerprint density at radius 3 is 2.19 bits per heavy atom. The minimum absolute atomic E-state index is 0.00683.